The Bertz CT molecular complexity index is 340. The van der Waals surface area contributed by atoms with Crippen LogP contribution in [0.25, 0.3) is 0 Å². The fourth-order valence-corrected chi connectivity index (χ4v) is 3.02. The SMILES string of the molecule is CCC[C@H](N[C@H]1CCOC1=O)C(=O)NC1CCCCC1. The van der Waals surface area contributed by atoms with Crippen LogP contribution in [0.1, 0.15) is 58.3 Å². The molecule has 2 rings (SSSR count). The average Bonchev–Trinajstić information content (AvgIpc) is 2.85. The van der Waals surface area contributed by atoms with Gasteiger partial charge in [0.1, 0.15) is 6.04 Å². The number of hydrogen-bond acceptors (Lipinski definition) is 4. The van der Waals surface area contributed by atoms with E-state index in [0.717, 1.165) is 25.7 Å². The Morgan fingerprint density at radius 1 is 1.30 bits per heavy atom. The van der Waals surface area contributed by atoms with Crippen LogP contribution in [0.4, 0.5) is 0 Å². The highest BCUT2D eigenvalue weighted by atomic mass is 16.5. The zero-order chi connectivity index (χ0) is 14.4. The maximum absolute atomic E-state index is 12.4. The lowest BCUT2D eigenvalue weighted by atomic mass is 9.95. The van der Waals surface area contributed by atoms with Crippen LogP contribution in [0.3, 0.4) is 0 Å². The summed E-state index contributed by atoms with van der Waals surface area (Å²) in [7, 11) is 0. The van der Waals surface area contributed by atoms with Crippen molar-refractivity contribution in [2.45, 2.75) is 76.4 Å². The summed E-state index contributed by atoms with van der Waals surface area (Å²) in [5.74, 6) is -0.185. The monoisotopic (exact) mass is 282 g/mol. The van der Waals surface area contributed by atoms with Crippen molar-refractivity contribution in [1.82, 2.24) is 10.6 Å². The van der Waals surface area contributed by atoms with E-state index < -0.39 is 0 Å². The van der Waals surface area contributed by atoms with E-state index in [9.17, 15) is 9.59 Å². The molecule has 1 aliphatic heterocycles. The first-order valence-corrected chi connectivity index (χ1v) is 7.93. The molecule has 0 radical (unpaired) electrons. The molecule has 1 saturated heterocycles. The molecule has 2 fully saturated rings. The normalized spacial score (nSPS) is 25.2. The van der Waals surface area contributed by atoms with Gasteiger partial charge in [-0.25, -0.2) is 0 Å². The van der Waals surface area contributed by atoms with Crippen molar-refractivity contribution in [2.24, 2.45) is 0 Å². The molecule has 1 amide bonds. The van der Waals surface area contributed by atoms with Crippen LogP contribution >= 0.6 is 0 Å². The number of carbonyl (C=O) groups excluding carboxylic acids is 2. The van der Waals surface area contributed by atoms with Gasteiger partial charge in [-0.2, -0.15) is 0 Å². The van der Waals surface area contributed by atoms with Gasteiger partial charge in [0.25, 0.3) is 0 Å². The molecule has 0 aromatic heterocycles. The van der Waals surface area contributed by atoms with Crippen molar-refractivity contribution >= 4 is 11.9 Å². The largest absolute Gasteiger partial charge is 0.464 e. The lowest BCUT2D eigenvalue weighted by molar-refractivity contribution is -0.140. The van der Waals surface area contributed by atoms with E-state index in [1.165, 1.54) is 19.3 Å². The maximum atomic E-state index is 12.4. The van der Waals surface area contributed by atoms with Crippen LogP contribution in [0.5, 0.6) is 0 Å². The van der Waals surface area contributed by atoms with Crippen molar-refractivity contribution < 1.29 is 14.3 Å². The quantitative estimate of drug-likeness (QED) is 0.725. The third-order valence-corrected chi connectivity index (χ3v) is 4.18. The average molecular weight is 282 g/mol. The molecule has 2 N–H and O–H groups in total. The van der Waals surface area contributed by atoms with Crippen LogP contribution in [0.2, 0.25) is 0 Å². The minimum absolute atomic E-state index is 0.0402. The molecule has 1 aliphatic carbocycles. The lowest BCUT2D eigenvalue weighted by Gasteiger charge is -2.26. The summed E-state index contributed by atoms with van der Waals surface area (Å²) < 4.78 is 4.94. The second kappa shape index (κ2) is 7.62. The minimum Gasteiger partial charge on any atom is -0.464 e. The number of esters is 1. The predicted octanol–water partition coefficient (Wildman–Crippen LogP) is 1.51. The van der Waals surface area contributed by atoms with Gasteiger partial charge in [0.15, 0.2) is 0 Å². The maximum Gasteiger partial charge on any atom is 0.323 e. The highest BCUT2D eigenvalue weighted by Crippen LogP contribution is 2.18. The van der Waals surface area contributed by atoms with Crippen LogP contribution in [-0.2, 0) is 14.3 Å². The summed E-state index contributed by atoms with van der Waals surface area (Å²) in [4.78, 5) is 23.9. The smallest absolute Gasteiger partial charge is 0.323 e. The van der Waals surface area contributed by atoms with E-state index in [0.29, 0.717) is 19.1 Å². The molecular formula is C15H26N2O3. The number of carbonyl (C=O) groups is 2. The Morgan fingerprint density at radius 3 is 2.65 bits per heavy atom. The summed E-state index contributed by atoms with van der Waals surface area (Å²) in [6.07, 6.45) is 8.16. The van der Waals surface area contributed by atoms with E-state index in [2.05, 4.69) is 17.6 Å². The zero-order valence-electron chi connectivity index (χ0n) is 12.3. The molecule has 0 spiro atoms. The summed E-state index contributed by atoms with van der Waals surface area (Å²) in [5.41, 5.74) is 0. The third-order valence-electron chi connectivity index (χ3n) is 4.18. The summed E-state index contributed by atoms with van der Waals surface area (Å²) in [5, 5.41) is 6.31. The van der Waals surface area contributed by atoms with E-state index in [4.69, 9.17) is 4.74 Å². The first kappa shape index (κ1) is 15.3. The van der Waals surface area contributed by atoms with Crippen molar-refractivity contribution in [2.75, 3.05) is 6.61 Å². The Labute approximate surface area is 120 Å². The second-order valence-corrected chi connectivity index (χ2v) is 5.86. The van der Waals surface area contributed by atoms with Gasteiger partial charge in [0.05, 0.1) is 12.6 Å². The third kappa shape index (κ3) is 4.20. The van der Waals surface area contributed by atoms with Crippen LogP contribution < -0.4 is 10.6 Å². The highest BCUT2D eigenvalue weighted by molar-refractivity contribution is 5.84. The minimum atomic E-state index is -0.316. The molecule has 1 heterocycles. The Kier molecular flexibility index (Phi) is 5.83. The van der Waals surface area contributed by atoms with Gasteiger partial charge < -0.3 is 10.1 Å². The molecule has 5 heteroatoms. The van der Waals surface area contributed by atoms with E-state index in [-0.39, 0.29) is 24.0 Å². The molecular weight excluding hydrogens is 256 g/mol. The standard InChI is InChI=1S/C15H26N2O3/c1-2-6-12(17-13-9-10-20-15(13)19)14(18)16-11-7-4-3-5-8-11/h11-13,17H,2-10H2,1H3,(H,16,18)/t12-,13-/m0/s1. The molecule has 114 valence electrons. The topological polar surface area (TPSA) is 67.4 Å². The summed E-state index contributed by atoms with van der Waals surface area (Å²) >= 11 is 0. The van der Waals surface area contributed by atoms with Crippen LogP contribution in [0.15, 0.2) is 0 Å². The molecule has 2 aliphatic rings. The van der Waals surface area contributed by atoms with Gasteiger partial charge in [-0.15, -0.1) is 0 Å². The Morgan fingerprint density at radius 2 is 2.05 bits per heavy atom. The summed E-state index contributed by atoms with van der Waals surface area (Å²) in [6, 6.07) is -0.283. The number of amides is 1. The van der Waals surface area contributed by atoms with Crippen molar-refractivity contribution in [3.8, 4) is 0 Å². The molecule has 20 heavy (non-hydrogen) atoms. The van der Waals surface area contributed by atoms with Gasteiger partial charge in [0.2, 0.25) is 5.91 Å². The molecule has 0 aromatic carbocycles. The van der Waals surface area contributed by atoms with Gasteiger partial charge in [-0.05, 0) is 19.3 Å². The van der Waals surface area contributed by atoms with Crippen molar-refractivity contribution in [1.29, 1.82) is 0 Å². The van der Waals surface area contributed by atoms with E-state index in [1.807, 2.05) is 0 Å². The van der Waals surface area contributed by atoms with Crippen molar-refractivity contribution in [3.05, 3.63) is 0 Å². The predicted molar refractivity (Wildman–Crippen MR) is 76.2 cm³/mol. The van der Waals surface area contributed by atoms with Crippen molar-refractivity contribution in [3.63, 3.8) is 0 Å². The molecule has 5 nitrogen and oxygen atoms in total. The molecule has 1 saturated carbocycles. The van der Waals surface area contributed by atoms with Crippen LogP contribution in [0, 0.1) is 0 Å². The molecule has 2 atom stereocenters. The number of nitrogens with one attached hydrogen (secondary N) is 2. The summed E-state index contributed by atoms with van der Waals surface area (Å²) in [6.45, 7) is 2.51. The number of cyclic esters (lactones) is 1. The fourth-order valence-electron chi connectivity index (χ4n) is 3.02. The molecule has 0 unspecified atom stereocenters. The highest BCUT2D eigenvalue weighted by Gasteiger charge is 2.31. The van der Waals surface area contributed by atoms with Gasteiger partial charge in [-0.1, -0.05) is 32.6 Å². The lowest BCUT2D eigenvalue weighted by Crippen LogP contribution is -2.52. The second-order valence-electron chi connectivity index (χ2n) is 5.86. The van der Waals surface area contributed by atoms with Gasteiger partial charge in [0, 0.05) is 12.5 Å². The van der Waals surface area contributed by atoms with E-state index >= 15 is 0 Å². The van der Waals surface area contributed by atoms with Crippen LogP contribution in [-0.4, -0.2) is 36.6 Å². The Hall–Kier alpha value is -1.10. The number of ether oxygens (including phenoxy) is 1. The number of rotatable bonds is 6. The van der Waals surface area contributed by atoms with E-state index in [1.54, 1.807) is 0 Å². The first-order chi connectivity index (χ1) is 9.70. The molecule has 0 aromatic rings. The number of hydrogen-bond donors (Lipinski definition) is 2. The van der Waals surface area contributed by atoms with Gasteiger partial charge in [-0.3, -0.25) is 14.9 Å². The van der Waals surface area contributed by atoms with Gasteiger partial charge >= 0.3 is 5.97 Å². The Balaban J connectivity index is 1.85. The zero-order valence-corrected chi connectivity index (χ0v) is 12.3. The first-order valence-electron chi connectivity index (χ1n) is 7.93. The fraction of sp³-hybridized carbons (Fsp3) is 0.867. The molecule has 0 bridgehead atoms.